The first-order chi connectivity index (χ1) is 6.84. The molecule has 0 saturated heterocycles. The first-order valence-electron chi connectivity index (χ1n) is 4.70. The third kappa shape index (κ3) is 2.16. The van der Waals surface area contributed by atoms with E-state index in [0.29, 0.717) is 0 Å². The molecule has 0 N–H and O–H groups in total. The van der Waals surface area contributed by atoms with Crippen LogP contribution in [0.3, 0.4) is 0 Å². The lowest BCUT2D eigenvalue weighted by Gasteiger charge is -1.96. The normalized spacial score (nSPS) is 10.1. The van der Waals surface area contributed by atoms with Crippen molar-refractivity contribution in [1.82, 2.24) is 4.98 Å². The lowest BCUT2D eigenvalue weighted by molar-refractivity contribution is -0.689. The molecule has 0 unspecified atom stereocenters. The standard InChI is InChI=1S/C12H13N2/c1-11-5-4-8-14(9-11)10-12-6-2-3-7-13-12/h2-9H,10H2,1H3/q+1. The van der Waals surface area contributed by atoms with Crippen molar-refractivity contribution in [2.75, 3.05) is 0 Å². The highest BCUT2D eigenvalue weighted by Gasteiger charge is 2.02. The number of hydrogen-bond donors (Lipinski definition) is 0. The predicted molar refractivity (Wildman–Crippen MR) is 54.7 cm³/mol. The molecule has 2 heterocycles. The lowest BCUT2D eigenvalue weighted by atomic mass is 10.3. The van der Waals surface area contributed by atoms with Crippen molar-refractivity contribution in [2.24, 2.45) is 0 Å². The van der Waals surface area contributed by atoms with Gasteiger partial charge in [0, 0.05) is 17.8 Å². The van der Waals surface area contributed by atoms with Crippen LogP contribution >= 0.6 is 0 Å². The second kappa shape index (κ2) is 4.01. The van der Waals surface area contributed by atoms with E-state index in [9.17, 15) is 0 Å². The molecule has 0 saturated carbocycles. The summed E-state index contributed by atoms with van der Waals surface area (Å²) in [5.41, 5.74) is 2.35. The maximum Gasteiger partial charge on any atom is 0.190 e. The van der Waals surface area contributed by atoms with Gasteiger partial charge in [0.15, 0.2) is 18.9 Å². The third-order valence-electron chi connectivity index (χ3n) is 2.08. The fourth-order valence-electron chi connectivity index (χ4n) is 1.43. The summed E-state index contributed by atoms with van der Waals surface area (Å²) in [5.74, 6) is 0. The van der Waals surface area contributed by atoms with Crippen molar-refractivity contribution in [3.63, 3.8) is 0 Å². The molecule has 0 atom stereocenters. The molecule has 0 aliphatic carbocycles. The second-order valence-electron chi connectivity index (χ2n) is 3.37. The number of rotatable bonds is 2. The Bertz CT molecular complexity index is 410. The Kier molecular flexibility index (Phi) is 2.54. The van der Waals surface area contributed by atoms with Crippen LogP contribution in [0.25, 0.3) is 0 Å². The summed E-state index contributed by atoms with van der Waals surface area (Å²) in [5, 5.41) is 0. The Morgan fingerprint density at radius 3 is 2.86 bits per heavy atom. The zero-order valence-electron chi connectivity index (χ0n) is 8.22. The zero-order chi connectivity index (χ0) is 9.80. The first-order valence-corrected chi connectivity index (χ1v) is 4.70. The van der Waals surface area contributed by atoms with E-state index in [2.05, 4.69) is 41.0 Å². The molecule has 2 aromatic rings. The van der Waals surface area contributed by atoms with Crippen molar-refractivity contribution in [3.05, 3.63) is 60.2 Å². The molecule has 0 fully saturated rings. The fraction of sp³-hybridized carbons (Fsp3) is 0.167. The number of hydrogen-bond acceptors (Lipinski definition) is 1. The Hall–Kier alpha value is -1.70. The minimum atomic E-state index is 0.836. The van der Waals surface area contributed by atoms with E-state index in [-0.39, 0.29) is 0 Å². The average molecular weight is 185 g/mol. The van der Waals surface area contributed by atoms with E-state index in [0.717, 1.165) is 12.2 Å². The van der Waals surface area contributed by atoms with Crippen LogP contribution in [0.4, 0.5) is 0 Å². The topological polar surface area (TPSA) is 16.8 Å². The largest absolute Gasteiger partial charge is 0.255 e. The van der Waals surface area contributed by atoms with Crippen LogP contribution in [-0.2, 0) is 6.54 Å². The smallest absolute Gasteiger partial charge is 0.190 e. The summed E-state index contributed by atoms with van der Waals surface area (Å²) in [6.45, 7) is 2.93. The van der Waals surface area contributed by atoms with Gasteiger partial charge in [-0.15, -0.1) is 0 Å². The van der Waals surface area contributed by atoms with Crippen LogP contribution in [0.5, 0.6) is 0 Å². The Morgan fingerprint density at radius 2 is 2.14 bits per heavy atom. The van der Waals surface area contributed by atoms with Crippen molar-refractivity contribution in [3.8, 4) is 0 Å². The molecule has 0 amide bonds. The molecule has 0 spiro atoms. The quantitative estimate of drug-likeness (QED) is 0.651. The van der Waals surface area contributed by atoms with Crippen LogP contribution in [0.15, 0.2) is 48.9 Å². The third-order valence-corrected chi connectivity index (χ3v) is 2.08. The highest BCUT2D eigenvalue weighted by molar-refractivity contribution is 5.03. The molecule has 0 aromatic carbocycles. The van der Waals surface area contributed by atoms with Gasteiger partial charge in [-0.3, -0.25) is 4.98 Å². The molecular formula is C12H13N2+. The molecule has 0 aliphatic heterocycles. The Balaban J connectivity index is 2.19. The molecule has 0 bridgehead atoms. The molecule has 2 heteroatoms. The van der Waals surface area contributed by atoms with Gasteiger partial charge in [0.25, 0.3) is 0 Å². The first kappa shape index (κ1) is 8.88. The molecule has 14 heavy (non-hydrogen) atoms. The van der Waals surface area contributed by atoms with E-state index in [1.165, 1.54) is 5.56 Å². The SMILES string of the molecule is Cc1ccc[n+](Cc2ccccn2)c1. The van der Waals surface area contributed by atoms with E-state index in [1.54, 1.807) is 0 Å². The van der Waals surface area contributed by atoms with Crippen LogP contribution in [-0.4, -0.2) is 4.98 Å². The van der Waals surface area contributed by atoms with Crippen LogP contribution in [0, 0.1) is 6.92 Å². The van der Waals surface area contributed by atoms with Gasteiger partial charge >= 0.3 is 0 Å². The summed E-state index contributed by atoms with van der Waals surface area (Å²) >= 11 is 0. The number of aromatic nitrogens is 2. The van der Waals surface area contributed by atoms with Crippen molar-refractivity contribution < 1.29 is 4.57 Å². The van der Waals surface area contributed by atoms with Gasteiger partial charge in [-0.25, -0.2) is 0 Å². The number of nitrogens with zero attached hydrogens (tertiary/aromatic N) is 2. The summed E-state index contributed by atoms with van der Waals surface area (Å²) in [6.07, 6.45) is 6.00. The minimum absolute atomic E-state index is 0.836. The zero-order valence-corrected chi connectivity index (χ0v) is 8.22. The van der Waals surface area contributed by atoms with Crippen LogP contribution in [0.1, 0.15) is 11.3 Å². The minimum Gasteiger partial charge on any atom is -0.255 e. The second-order valence-corrected chi connectivity index (χ2v) is 3.37. The summed E-state index contributed by atoms with van der Waals surface area (Å²) in [7, 11) is 0. The highest BCUT2D eigenvalue weighted by atomic mass is 14.9. The maximum absolute atomic E-state index is 4.28. The summed E-state index contributed by atoms with van der Waals surface area (Å²) in [4.78, 5) is 4.28. The molecule has 2 rings (SSSR count). The molecule has 0 aliphatic rings. The molecule has 70 valence electrons. The van der Waals surface area contributed by atoms with Gasteiger partial charge in [0.05, 0.1) is 0 Å². The summed E-state index contributed by atoms with van der Waals surface area (Å²) < 4.78 is 2.14. The van der Waals surface area contributed by atoms with Gasteiger partial charge in [0.2, 0.25) is 0 Å². The summed E-state index contributed by atoms with van der Waals surface area (Å²) in [6, 6.07) is 10.1. The Morgan fingerprint density at radius 1 is 1.21 bits per heavy atom. The molecular weight excluding hydrogens is 172 g/mol. The van der Waals surface area contributed by atoms with Gasteiger partial charge in [-0.1, -0.05) is 6.07 Å². The van der Waals surface area contributed by atoms with Gasteiger partial charge in [-0.2, -0.15) is 4.57 Å². The molecule has 2 nitrogen and oxygen atoms in total. The number of aryl methyl sites for hydroxylation is 1. The van der Waals surface area contributed by atoms with Gasteiger partial charge in [0.1, 0.15) is 5.69 Å². The van der Waals surface area contributed by atoms with Gasteiger partial charge < -0.3 is 0 Å². The molecule has 0 radical (unpaired) electrons. The monoisotopic (exact) mass is 185 g/mol. The van der Waals surface area contributed by atoms with Crippen LogP contribution < -0.4 is 4.57 Å². The van der Waals surface area contributed by atoms with E-state index in [1.807, 2.05) is 24.4 Å². The average Bonchev–Trinajstić information content (AvgIpc) is 2.19. The molecule has 2 aromatic heterocycles. The van der Waals surface area contributed by atoms with E-state index >= 15 is 0 Å². The predicted octanol–water partition coefficient (Wildman–Crippen LogP) is 1.73. The van der Waals surface area contributed by atoms with E-state index in [4.69, 9.17) is 0 Å². The van der Waals surface area contributed by atoms with Crippen molar-refractivity contribution in [2.45, 2.75) is 13.5 Å². The highest BCUT2D eigenvalue weighted by Crippen LogP contribution is 1.94. The van der Waals surface area contributed by atoms with Crippen molar-refractivity contribution >= 4 is 0 Å². The number of pyridine rings is 2. The lowest BCUT2D eigenvalue weighted by Crippen LogP contribution is -2.33. The van der Waals surface area contributed by atoms with Crippen molar-refractivity contribution in [1.29, 1.82) is 0 Å². The van der Waals surface area contributed by atoms with E-state index < -0.39 is 0 Å². The van der Waals surface area contributed by atoms with Crippen LogP contribution in [0.2, 0.25) is 0 Å². The fourth-order valence-corrected chi connectivity index (χ4v) is 1.43. The maximum atomic E-state index is 4.28. The van der Waals surface area contributed by atoms with Gasteiger partial charge in [-0.05, 0) is 25.1 Å². The Labute approximate surface area is 83.9 Å².